The minimum atomic E-state index is 0.643. The Hall–Kier alpha value is -0.640. The smallest absolute Gasteiger partial charge is 0.226 e. The maximum Gasteiger partial charge on any atom is 0.226 e. The molecule has 2 unspecified atom stereocenters. The van der Waals surface area contributed by atoms with E-state index in [1.165, 1.54) is 25.7 Å². The number of nitrogens with zero attached hydrogens (tertiary/aromatic N) is 3. The average Bonchev–Trinajstić information content (AvgIpc) is 2.51. The van der Waals surface area contributed by atoms with E-state index in [1.54, 1.807) is 0 Å². The minimum Gasteiger partial charge on any atom is -0.335 e. The number of hydrogen-bond acceptors (Lipinski definition) is 3. The van der Waals surface area contributed by atoms with Crippen LogP contribution in [0.4, 0.5) is 5.95 Å². The van der Waals surface area contributed by atoms with Crippen LogP contribution >= 0.6 is 15.9 Å². The maximum absolute atomic E-state index is 4.56. The van der Waals surface area contributed by atoms with Crippen LogP contribution in [0.3, 0.4) is 0 Å². The zero-order chi connectivity index (χ0) is 11.1. The summed E-state index contributed by atoms with van der Waals surface area (Å²) < 4.78 is 0. The van der Waals surface area contributed by atoms with Crippen molar-refractivity contribution in [3.8, 4) is 0 Å². The van der Waals surface area contributed by atoms with E-state index >= 15 is 0 Å². The van der Waals surface area contributed by atoms with Crippen molar-refractivity contribution in [1.82, 2.24) is 9.97 Å². The highest BCUT2D eigenvalue weighted by atomic mass is 79.9. The van der Waals surface area contributed by atoms with Gasteiger partial charge in [-0.3, -0.25) is 0 Å². The summed E-state index contributed by atoms with van der Waals surface area (Å²) in [6.45, 7) is 2.03. The van der Waals surface area contributed by atoms with Crippen molar-refractivity contribution in [3.63, 3.8) is 0 Å². The number of rotatable bonds is 1. The summed E-state index contributed by atoms with van der Waals surface area (Å²) >= 11 is 3.76. The van der Waals surface area contributed by atoms with Crippen molar-refractivity contribution in [2.24, 2.45) is 0 Å². The second-order valence-electron chi connectivity index (χ2n) is 4.86. The molecule has 0 saturated carbocycles. The zero-order valence-corrected chi connectivity index (χ0v) is 11.0. The molecule has 2 aliphatic heterocycles. The number of halogens is 1. The molecular formula is C12H16BrN3. The number of piperidine rings is 1. The molecule has 0 aliphatic carbocycles. The van der Waals surface area contributed by atoms with Crippen LogP contribution in [-0.2, 0) is 0 Å². The standard InChI is InChI=1S/C12H16BrN3/c1-8-4-5-14-12(15-8)16-10-2-3-11(16)7-9(13)6-10/h4-5,9-11H,2-3,6-7H2,1H3. The van der Waals surface area contributed by atoms with Crippen LogP contribution in [0, 0.1) is 6.92 Å². The van der Waals surface area contributed by atoms with Crippen molar-refractivity contribution in [3.05, 3.63) is 18.0 Å². The molecule has 2 fully saturated rings. The van der Waals surface area contributed by atoms with Crippen LogP contribution in [0.5, 0.6) is 0 Å². The first-order chi connectivity index (χ1) is 7.74. The molecule has 16 heavy (non-hydrogen) atoms. The highest BCUT2D eigenvalue weighted by Gasteiger charge is 2.41. The van der Waals surface area contributed by atoms with Crippen molar-refractivity contribution in [1.29, 1.82) is 0 Å². The molecule has 2 atom stereocenters. The van der Waals surface area contributed by atoms with Crippen LogP contribution in [0.15, 0.2) is 12.3 Å². The van der Waals surface area contributed by atoms with Gasteiger partial charge < -0.3 is 4.90 Å². The van der Waals surface area contributed by atoms with Gasteiger partial charge in [0.2, 0.25) is 5.95 Å². The van der Waals surface area contributed by atoms with Gasteiger partial charge in [0.1, 0.15) is 0 Å². The number of aromatic nitrogens is 2. The lowest BCUT2D eigenvalue weighted by molar-refractivity contribution is 0.474. The zero-order valence-electron chi connectivity index (χ0n) is 9.43. The van der Waals surface area contributed by atoms with Crippen LogP contribution in [0.2, 0.25) is 0 Å². The Morgan fingerprint density at radius 2 is 2.00 bits per heavy atom. The average molecular weight is 282 g/mol. The summed E-state index contributed by atoms with van der Waals surface area (Å²) in [5, 5.41) is 0. The van der Waals surface area contributed by atoms with Crippen molar-refractivity contribution >= 4 is 21.9 Å². The molecule has 2 saturated heterocycles. The second kappa shape index (κ2) is 3.99. The highest BCUT2D eigenvalue weighted by Crippen LogP contribution is 2.40. The molecule has 3 rings (SSSR count). The minimum absolute atomic E-state index is 0.643. The predicted molar refractivity (Wildman–Crippen MR) is 68.0 cm³/mol. The Morgan fingerprint density at radius 3 is 2.62 bits per heavy atom. The molecule has 0 amide bonds. The SMILES string of the molecule is Cc1ccnc(N2C3CCC2CC(Br)C3)n1. The van der Waals surface area contributed by atoms with E-state index in [0.717, 1.165) is 11.6 Å². The topological polar surface area (TPSA) is 29.0 Å². The molecular weight excluding hydrogens is 266 g/mol. The summed E-state index contributed by atoms with van der Waals surface area (Å²) in [6, 6.07) is 3.25. The van der Waals surface area contributed by atoms with E-state index in [0.29, 0.717) is 16.9 Å². The van der Waals surface area contributed by atoms with Gasteiger partial charge in [-0.05, 0) is 38.7 Å². The fourth-order valence-electron chi connectivity index (χ4n) is 3.00. The van der Waals surface area contributed by atoms with Crippen LogP contribution in [0.1, 0.15) is 31.4 Å². The summed E-state index contributed by atoms with van der Waals surface area (Å²) in [4.78, 5) is 12.1. The molecule has 0 spiro atoms. The third-order valence-electron chi connectivity index (χ3n) is 3.69. The van der Waals surface area contributed by atoms with E-state index in [4.69, 9.17) is 0 Å². The Labute approximate surface area is 104 Å². The van der Waals surface area contributed by atoms with E-state index in [1.807, 2.05) is 19.2 Å². The summed E-state index contributed by atoms with van der Waals surface area (Å²) in [6.07, 6.45) is 6.92. The lowest BCUT2D eigenvalue weighted by atomic mass is 10.0. The van der Waals surface area contributed by atoms with Gasteiger partial charge in [-0.25, -0.2) is 9.97 Å². The largest absolute Gasteiger partial charge is 0.335 e. The summed E-state index contributed by atoms with van der Waals surface area (Å²) in [5.41, 5.74) is 1.06. The first kappa shape index (κ1) is 10.5. The molecule has 4 heteroatoms. The van der Waals surface area contributed by atoms with E-state index in [2.05, 4.69) is 30.8 Å². The van der Waals surface area contributed by atoms with Gasteiger partial charge >= 0.3 is 0 Å². The molecule has 2 aliphatic rings. The third kappa shape index (κ3) is 1.73. The fourth-order valence-corrected chi connectivity index (χ4v) is 3.86. The number of fused-ring (bicyclic) bond motifs is 2. The molecule has 0 N–H and O–H groups in total. The molecule has 1 aromatic heterocycles. The number of aryl methyl sites for hydroxylation is 1. The maximum atomic E-state index is 4.56. The lowest BCUT2D eigenvalue weighted by Crippen LogP contribution is -2.44. The lowest BCUT2D eigenvalue weighted by Gasteiger charge is -2.37. The Balaban J connectivity index is 1.91. The first-order valence-electron chi connectivity index (χ1n) is 5.96. The highest BCUT2D eigenvalue weighted by molar-refractivity contribution is 9.09. The van der Waals surface area contributed by atoms with Gasteiger partial charge in [0.15, 0.2) is 0 Å². The van der Waals surface area contributed by atoms with Crippen molar-refractivity contribution in [2.75, 3.05) is 4.90 Å². The normalized spacial score (nSPS) is 33.1. The molecule has 2 bridgehead atoms. The molecule has 0 radical (unpaired) electrons. The monoisotopic (exact) mass is 281 g/mol. The molecule has 0 aromatic carbocycles. The summed E-state index contributed by atoms with van der Waals surface area (Å²) in [5.74, 6) is 0.937. The van der Waals surface area contributed by atoms with E-state index < -0.39 is 0 Å². The third-order valence-corrected chi connectivity index (χ3v) is 4.44. The van der Waals surface area contributed by atoms with Gasteiger partial charge in [0.25, 0.3) is 0 Å². The van der Waals surface area contributed by atoms with Gasteiger partial charge in [-0.1, -0.05) is 15.9 Å². The molecule has 86 valence electrons. The predicted octanol–water partition coefficient (Wildman–Crippen LogP) is 2.68. The summed E-state index contributed by atoms with van der Waals surface area (Å²) in [7, 11) is 0. The molecule has 1 aromatic rings. The van der Waals surface area contributed by atoms with Crippen molar-refractivity contribution < 1.29 is 0 Å². The molecule has 3 nitrogen and oxygen atoms in total. The van der Waals surface area contributed by atoms with Crippen LogP contribution in [-0.4, -0.2) is 26.9 Å². The number of alkyl halides is 1. The first-order valence-corrected chi connectivity index (χ1v) is 6.87. The number of hydrogen-bond donors (Lipinski definition) is 0. The Bertz CT molecular complexity index is 382. The second-order valence-corrected chi connectivity index (χ2v) is 6.15. The van der Waals surface area contributed by atoms with Gasteiger partial charge in [0, 0.05) is 28.8 Å². The van der Waals surface area contributed by atoms with Gasteiger partial charge in [0.05, 0.1) is 0 Å². The van der Waals surface area contributed by atoms with Crippen LogP contribution < -0.4 is 4.90 Å². The quantitative estimate of drug-likeness (QED) is 0.742. The Morgan fingerprint density at radius 1 is 1.31 bits per heavy atom. The van der Waals surface area contributed by atoms with Gasteiger partial charge in [-0.2, -0.15) is 0 Å². The van der Waals surface area contributed by atoms with E-state index in [9.17, 15) is 0 Å². The van der Waals surface area contributed by atoms with Gasteiger partial charge in [-0.15, -0.1) is 0 Å². The molecule has 3 heterocycles. The van der Waals surface area contributed by atoms with Crippen LogP contribution in [0.25, 0.3) is 0 Å². The van der Waals surface area contributed by atoms with Crippen molar-refractivity contribution in [2.45, 2.75) is 49.5 Å². The Kier molecular flexibility index (Phi) is 2.62. The number of anilines is 1. The van der Waals surface area contributed by atoms with E-state index in [-0.39, 0.29) is 0 Å². The fraction of sp³-hybridized carbons (Fsp3) is 0.667.